The number of rotatable bonds is 5. The Morgan fingerprint density at radius 1 is 1.26 bits per heavy atom. The first-order chi connectivity index (χ1) is 11.2. The van der Waals surface area contributed by atoms with Gasteiger partial charge in [-0.1, -0.05) is 24.3 Å². The molecule has 1 heterocycles. The average Bonchev–Trinajstić information content (AvgIpc) is 2.96. The normalized spacial score (nSPS) is 11.6. The summed E-state index contributed by atoms with van der Waals surface area (Å²) in [4.78, 5) is 15.9. The third-order valence-corrected chi connectivity index (χ3v) is 3.94. The van der Waals surface area contributed by atoms with E-state index in [0.717, 1.165) is 17.3 Å². The first kappa shape index (κ1) is 15.2. The second-order valence-electron chi connectivity index (χ2n) is 4.64. The van der Waals surface area contributed by atoms with E-state index in [2.05, 4.69) is 4.98 Å². The molecule has 0 spiro atoms. The van der Waals surface area contributed by atoms with Crippen LogP contribution in [0.5, 0.6) is 5.75 Å². The molecule has 3 rings (SSSR count). The molecule has 0 aliphatic heterocycles. The lowest BCUT2D eigenvalue weighted by Crippen LogP contribution is -1.96. The van der Waals surface area contributed by atoms with Crippen LogP contribution in [-0.4, -0.2) is 23.2 Å². The number of methoxy groups -OCH3 is 1. The average molecular weight is 327 g/mol. The van der Waals surface area contributed by atoms with Crippen LogP contribution in [0.4, 0.5) is 0 Å². The summed E-state index contributed by atoms with van der Waals surface area (Å²) in [5.41, 5.74) is 2.05. The van der Waals surface area contributed by atoms with Gasteiger partial charge in [0.15, 0.2) is 5.58 Å². The van der Waals surface area contributed by atoms with Crippen LogP contribution in [0.3, 0.4) is 0 Å². The van der Waals surface area contributed by atoms with Gasteiger partial charge < -0.3 is 14.3 Å². The van der Waals surface area contributed by atoms with Crippen molar-refractivity contribution in [2.24, 2.45) is 0 Å². The molecule has 0 aliphatic carbocycles. The number of thioether (sulfide) groups is 1. The first-order valence-corrected chi connectivity index (χ1v) is 7.60. The van der Waals surface area contributed by atoms with E-state index >= 15 is 0 Å². The summed E-state index contributed by atoms with van der Waals surface area (Å²) in [6.45, 7) is 0. The molecule has 1 N–H and O–H groups in total. The summed E-state index contributed by atoms with van der Waals surface area (Å²) in [7, 11) is 1.56. The smallest absolute Gasteiger partial charge is 0.342 e. The van der Waals surface area contributed by atoms with Crippen LogP contribution in [0.15, 0.2) is 63.1 Å². The van der Waals surface area contributed by atoms with Gasteiger partial charge in [0.1, 0.15) is 16.2 Å². The first-order valence-electron chi connectivity index (χ1n) is 6.78. The molecule has 0 radical (unpaired) electrons. The van der Waals surface area contributed by atoms with Gasteiger partial charge >= 0.3 is 5.97 Å². The fraction of sp³-hybridized carbons (Fsp3) is 0.0588. The van der Waals surface area contributed by atoms with Crippen LogP contribution < -0.4 is 4.74 Å². The van der Waals surface area contributed by atoms with Crippen molar-refractivity contribution in [1.82, 2.24) is 4.98 Å². The lowest BCUT2D eigenvalue weighted by atomic mass is 10.2. The molecule has 0 bridgehead atoms. The Balaban J connectivity index is 1.91. The number of aliphatic carboxylic acids is 1. The SMILES string of the molecule is COc1cccc(/C=C(/Sc2nc3ccccc3o2)C(=O)O)c1. The van der Waals surface area contributed by atoms with Gasteiger partial charge in [-0.25, -0.2) is 9.78 Å². The number of fused-ring (bicyclic) bond motifs is 1. The van der Waals surface area contributed by atoms with E-state index in [1.807, 2.05) is 18.2 Å². The minimum absolute atomic E-state index is 0.116. The highest BCUT2D eigenvalue weighted by molar-refractivity contribution is 8.03. The third kappa shape index (κ3) is 3.54. The lowest BCUT2D eigenvalue weighted by molar-refractivity contribution is -0.131. The molecule has 3 aromatic rings. The Kier molecular flexibility index (Phi) is 4.34. The number of carboxylic acids is 1. The van der Waals surface area contributed by atoms with E-state index in [1.165, 1.54) is 0 Å². The summed E-state index contributed by atoms with van der Waals surface area (Å²) in [6, 6.07) is 14.5. The van der Waals surface area contributed by atoms with E-state index < -0.39 is 5.97 Å². The van der Waals surface area contributed by atoms with Crippen molar-refractivity contribution in [1.29, 1.82) is 0 Å². The van der Waals surface area contributed by atoms with Crippen molar-refractivity contribution in [3.63, 3.8) is 0 Å². The molecule has 116 valence electrons. The van der Waals surface area contributed by atoms with Crippen LogP contribution in [0.2, 0.25) is 0 Å². The molecule has 6 heteroatoms. The van der Waals surface area contributed by atoms with Crippen molar-refractivity contribution in [3.05, 3.63) is 59.0 Å². The number of oxazole rings is 1. The van der Waals surface area contributed by atoms with Gasteiger partial charge in [0.25, 0.3) is 5.22 Å². The summed E-state index contributed by atoms with van der Waals surface area (Å²) < 4.78 is 10.7. The summed E-state index contributed by atoms with van der Waals surface area (Å²) >= 11 is 0.974. The van der Waals surface area contributed by atoms with Crippen LogP contribution in [0.1, 0.15) is 5.56 Å². The van der Waals surface area contributed by atoms with Crippen LogP contribution in [-0.2, 0) is 4.79 Å². The number of hydrogen-bond acceptors (Lipinski definition) is 5. The Hall–Kier alpha value is -2.73. The molecule has 1 aromatic heterocycles. The molecule has 5 nitrogen and oxygen atoms in total. The zero-order chi connectivity index (χ0) is 16.2. The summed E-state index contributed by atoms with van der Waals surface area (Å²) in [5.74, 6) is -0.379. The molecule has 0 atom stereocenters. The van der Waals surface area contributed by atoms with Gasteiger partial charge in [0.2, 0.25) is 0 Å². The number of nitrogens with zero attached hydrogens (tertiary/aromatic N) is 1. The molecular formula is C17H13NO4S. The number of para-hydroxylation sites is 2. The Morgan fingerprint density at radius 3 is 2.83 bits per heavy atom. The number of benzene rings is 2. The summed E-state index contributed by atoms with van der Waals surface area (Å²) in [5, 5.41) is 9.70. The number of ether oxygens (including phenoxy) is 1. The monoisotopic (exact) mass is 327 g/mol. The number of carboxylic acid groups (broad SMARTS) is 1. The molecule has 23 heavy (non-hydrogen) atoms. The largest absolute Gasteiger partial charge is 0.497 e. The molecule has 0 saturated carbocycles. The van der Waals surface area contributed by atoms with Crippen molar-refractivity contribution >= 4 is 34.9 Å². The van der Waals surface area contributed by atoms with Crippen LogP contribution in [0.25, 0.3) is 17.2 Å². The molecule has 0 fully saturated rings. The van der Waals surface area contributed by atoms with E-state index in [4.69, 9.17) is 9.15 Å². The summed E-state index contributed by atoms with van der Waals surface area (Å²) in [6.07, 6.45) is 1.56. The number of carbonyl (C=O) groups is 1. The second kappa shape index (κ2) is 6.58. The Morgan fingerprint density at radius 2 is 2.09 bits per heavy atom. The quantitative estimate of drug-likeness (QED) is 0.563. The highest BCUT2D eigenvalue weighted by atomic mass is 32.2. The Bertz CT molecular complexity index is 852. The fourth-order valence-electron chi connectivity index (χ4n) is 2.01. The zero-order valence-electron chi connectivity index (χ0n) is 12.2. The van der Waals surface area contributed by atoms with Gasteiger partial charge in [0.05, 0.1) is 7.11 Å². The predicted octanol–water partition coefficient (Wildman–Crippen LogP) is 4.05. The number of hydrogen-bond donors (Lipinski definition) is 1. The minimum Gasteiger partial charge on any atom is -0.497 e. The van der Waals surface area contributed by atoms with Crippen molar-refractivity contribution in [3.8, 4) is 5.75 Å². The maximum Gasteiger partial charge on any atom is 0.342 e. The van der Waals surface area contributed by atoms with E-state index in [0.29, 0.717) is 22.1 Å². The van der Waals surface area contributed by atoms with Crippen LogP contribution >= 0.6 is 11.8 Å². The third-order valence-electron chi connectivity index (χ3n) is 3.07. The molecule has 0 unspecified atom stereocenters. The highest BCUT2D eigenvalue weighted by Crippen LogP contribution is 2.31. The molecule has 0 aliphatic rings. The van der Waals surface area contributed by atoms with Gasteiger partial charge in [-0.3, -0.25) is 0 Å². The van der Waals surface area contributed by atoms with E-state index in [-0.39, 0.29) is 4.91 Å². The van der Waals surface area contributed by atoms with Crippen molar-refractivity contribution in [2.75, 3.05) is 7.11 Å². The minimum atomic E-state index is -1.04. The second-order valence-corrected chi connectivity index (χ2v) is 5.63. The van der Waals surface area contributed by atoms with Gasteiger partial charge in [-0.2, -0.15) is 0 Å². The van der Waals surface area contributed by atoms with Crippen molar-refractivity contribution in [2.45, 2.75) is 5.22 Å². The molecule has 2 aromatic carbocycles. The van der Waals surface area contributed by atoms with E-state index in [1.54, 1.807) is 43.5 Å². The molecular weight excluding hydrogens is 314 g/mol. The molecule has 0 amide bonds. The van der Waals surface area contributed by atoms with Gasteiger partial charge in [-0.15, -0.1) is 0 Å². The van der Waals surface area contributed by atoms with Crippen molar-refractivity contribution < 1.29 is 19.1 Å². The standard InChI is InChI=1S/C17H13NO4S/c1-21-12-6-4-5-11(9-12)10-15(16(19)20)23-17-18-13-7-2-3-8-14(13)22-17/h2-10H,1H3,(H,19,20)/b15-10+. The van der Waals surface area contributed by atoms with E-state index in [9.17, 15) is 9.90 Å². The maximum atomic E-state index is 11.5. The van der Waals surface area contributed by atoms with Gasteiger partial charge in [0, 0.05) is 0 Å². The highest BCUT2D eigenvalue weighted by Gasteiger charge is 2.14. The topological polar surface area (TPSA) is 72.6 Å². The number of aromatic nitrogens is 1. The Labute approximate surface area is 136 Å². The van der Waals surface area contributed by atoms with Crippen LogP contribution in [0, 0.1) is 0 Å². The zero-order valence-corrected chi connectivity index (χ0v) is 13.0. The predicted molar refractivity (Wildman–Crippen MR) is 88.5 cm³/mol. The van der Waals surface area contributed by atoms with Gasteiger partial charge in [-0.05, 0) is 47.7 Å². The maximum absolute atomic E-state index is 11.5. The fourth-order valence-corrected chi connectivity index (χ4v) is 2.75. The lowest BCUT2D eigenvalue weighted by Gasteiger charge is -2.02. The molecule has 0 saturated heterocycles.